The maximum atomic E-state index is 14.1. The Labute approximate surface area is 208 Å². The lowest BCUT2D eigenvalue weighted by atomic mass is 9.78. The Kier molecular flexibility index (Phi) is 7.71. The minimum Gasteiger partial charge on any atom is -0.507 e. The van der Waals surface area contributed by atoms with Crippen LogP contribution in [0.4, 0.5) is 0 Å². The van der Waals surface area contributed by atoms with Crippen LogP contribution in [0.3, 0.4) is 0 Å². The van der Waals surface area contributed by atoms with Crippen molar-refractivity contribution in [2.75, 3.05) is 6.16 Å². The number of hydrogen-bond donors (Lipinski definition) is 2. The van der Waals surface area contributed by atoms with Gasteiger partial charge in [-0.3, -0.25) is 4.79 Å². The number of hydrazone groups is 1. The molecule has 0 unspecified atom stereocenters. The van der Waals surface area contributed by atoms with Gasteiger partial charge in [-0.15, -0.1) is 0 Å². The third-order valence-corrected chi connectivity index (χ3v) is 8.86. The first kappa shape index (κ1) is 26.4. The van der Waals surface area contributed by atoms with E-state index in [0.29, 0.717) is 10.6 Å². The molecule has 0 heterocycles. The van der Waals surface area contributed by atoms with Crippen molar-refractivity contribution in [3.63, 3.8) is 0 Å². The molecule has 0 aliphatic carbocycles. The lowest BCUT2D eigenvalue weighted by Gasteiger charge is -2.27. The third-order valence-electron chi connectivity index (χ3n) is 5.86. The van der Waals surface area contributed by atoms with E-state index in [1.165, 1.54) is 0 Å². The Hall–Kier alpha value is -3.17. The quantitative estimate of drug-likeness (QED) is 0.274. The van der Waals surface area contributed by atoms with Crippen molar-refractivity contribution in [2.24, 2.45) is 5.10 Å². The second-order valence-corrected chi connectivity index (χ2v) is 13.7. The molecule has 0 aromatic heterocycles. The third kappa shape index (κ3) is 6.29. The summed E-state index contributed by atoms with van der Waals surface area (Å²) >= 11 is 0. The monoisotopic (exact) mass is 490 g/mol. The van der Waals surface area contributed by atoms with Gasteiger partial charge in [0.25, 0.3) is 0 Å². The molecule has 0 aliphatic heterocycles. The van der Waals surface area contributed by atoms with Crippen molar-refractivity contribution in [3.8, 4) is 5.75 Å². The molecule has 0 atom stereocenters. The summed E-state index contributed by atoms with van der Waals surface area (Å²) in [6, 6.07) is 22.0. The molecule has 184 valence electrons. The van der Waals surface area contributed by atoms with Gasteiger partial charge in [-0.25, -0.2) is 5.43 Å². The van der Waals surface area contributed by atoms with Crippen LogP contribution in [-0.2, 0) is 20.2 Å². The van der Waals surface area contributed by atoms with E-state index < -0.39 is 13.0 Å². The van der Waals surface area contributed by atoms with E-state index >= 15 is 0 Å². The summed E-state index contributed by atoms with van der Waals surface area (Å²) < 4.78 is 14.1. The SMILES string of the molecule is CC(C)(C)c1cc(/C=N/NC(=O)CP(=O)(c2ccccc2)c2ccccc2)cc(C(C)(C)C)c1O. The molecule has 0 radical (unpaired) electrons. The Morgan fingerprint density at radius 2 is 1.29 bits per heavy atom. The number of nitrogens with one attached hydrogen (secondary N) is 1. The number of aromatic hydroxyl groups is 1. The lowest BCUT2D eigenvalue weighted by Crippen LogP contribution is -2.28. The zero-order chi connectivity index (χ0) is 25.9. The molecular formula is C29H35N2O3P. The first-order valence-corrected chi connectivity index (χ1v) is 13.6. The fourth-order valence-electron chi connectivity index (χ4n) is 3.96. The molecule has 0 bridgehead atoms. The number of phenolic OH excluding ortho intramolecular Hbond substituents is 1. The van der Waals surface area contributed by atoms with Crippen molar-refractivity contribution < 1.29 is 14.5 Å². The van der Waals surface area contributed by atoms with Crippen LogP contribution in [0.1, 0.15) is 58.2 Å². The zero-order valence-electron chi connectivity index (χ0n) is 21.4. The molecule has 35 heavy (non-hydrogen) atoms. The van der Waals surface area contributed by atoms with E-state index in [0.717, 1.165) is 16.7 Å². The first-order chi connectivity index (χ1) is 16.3. The molecule has 0 fully saturated rings. The van der Waals surface area contributed by atoms with Gasteiger partial charge in [-0.2, -0.15) is 5.10 Å². The minimum atomic E-state index is -3.18. The van der Waals surface area contributed by atoms with Crippen LogP contribution in [0.5, 0.6) is 5.75 Å². The fraction of sp³-hybridized carbons (Fsp3) is 0.310. The van der Waals surface area contributed by atoms with Gasteiger partial charge in [0.2, 0.25) is 5.91 Å². The van der Waals surface area contributed by atoms with Crippen LogP contribution in [0.25, 0.3) is 0 Å². The normalized spacial score (nSPS) is 12.6. The van der Waals surface area contributed by atoms with Crippen molar-refractivity contribution in [3.05, 3.63) is 89.5 Å². The molecule has 0 saturated carbocycles. The van der Waals surface area contributed by atoms with Crippen LogP contribution in [-0.4, -0.2) is 23.4 Å². The van der Waals surface area contributed by atoms with Gasteiger partial charge < -0.3 is 9.67 Å². The highest BCUT2D eigenvalue weighted by molar-refractivity contribution is 7.79. The van der Waals surface area contributed by atoms with Crippen LogP contribution in [0, 0.1) is 0 Å². The molecule has 0 aliphatic rings. The van der Waals surface area contributed by atoms with Crippen LogP contribution >= 0.6 is 7.14 Å². The lowest BCUT2D eigenvalue weighted by molar-refractivity contribution is -0.118. The van der Waals surface area contributed by atoms with Crippen LogP contribution in [0.15, 0.2) is 77.9 Å². The average molecular weight is 491 g/mol. The van der Waals surface area contributed by atoms with Crippen molar-refractivity contribution in [1.82, 2.24) is 5.43 Å². The topological polar surface area (TPSA) is 78.8 Å². The van der Waals surface area contributed by atoms with Crippen LogP contribution < -0.4 is 16.0 Å². The summed E-state index contributed by atoms with van der Waals surface area (Å²) in [5, 5.41) is 16.3. The summed E-state index contributed by atoms with van der Waals surface area (Å²) in [5.41, 5.74) is 4.42. The van der Waals surface area contributed by atoms with Crippen molar-refractivity contribution in [1.29, 1.82) is 0 Å². The molecule has 3 aromatic rings. The highest BCUT2D eigenvalue weighted by Gasteiger charge is 2.30. The largest absolute Gasteiger partial charge is 0.507 e. The standard InChI is InChI=1S/C29H35N2O3P/c1-28(2,3)24-17-21(18-25(27(24)33)29(4,5)6)19-30-31-26(32)20-35(34,22-13-9-7-10-14-22)23-15-11-8-12-16-23/h7-19,33H,20H2,1-6H3,(H,31,32)/b30-19+. The number of hydrogen-bond acceptors (Lipinski definition) is 4. The number of rotatable bonds is 6. The van der Waals surface area contributed by atoms with Crippen molar-refractivity contribution in [2.45, 2.75) is 52.4 Å². The van der Waals surface area contributed by atoms with E-state index in [2.05, 4.69) is 10.5 Å². The number of carbonyl (C=O) groups excluding carboxylic acids is 1. The van der Waals surface area contributed by atoms with E-state index in [1.807, 2.05) is 90.1 Å². The number of phenols is 1. The van der Waals surface area contributed by atoms with Gasteiger partial charge in [0.1, 0.15) is 5.75 Å². The summed E-state index contributed by atoms with van der Waals surface area (Å²) in [6.45, 7) is 12.3. The second-order valence-electron chi connectivity index (χ2n) is 10.8. The first-order valence-electron chi connectivity index (χ1n) is 11.7. The fourth-order valence-corrected chi connectivity index (χ4v) is 6.41. The van der Waals surface area contributed by atoms with Gasteiger partial charge in [0.05, 0.1) is 12.4 Å². The average Bonchev–Trinajstić information content (AvgIpc) is 2.79. The second kappa shape index (κ2) is 10.2. The van der Waals surface area contributed by atoms with Gasteiger partial charge in [-0.1, -0.05) is 102 Å². The zero-order valence-corrected chi connectivity index (χ0v) is 22.3. The summed E-state index contributed by atoms with van der Waals surface area (Å²) in [7, 11) is -3.18. The van der Waals surface area contributed by atoms with Gasteiger partial charge in [0.15, 0.2) is 7.14 Å². The van der Waals surface area contributed by atoms with Gasteiger partial charge >= 0.3 is 0 Å². The predicted molar refractivity (Wildman–Crippen MR) is 146 cm³/mol. The highest BCUT2D eigenvalue weighted by Crippen LogP contribution is 2.43. The van der Waals surface area contributed by atoms with E-state index in [-0.39, 0.29) is 22.7 Å². The predicted octanol–water partition coefficient (Wildman–Crippen LogP) is 5.45. The molecule has 0 saturated heterocycles. The van der Waals surface area contributed by atoms with E-state index in [4.69, 9.17) is 0 Å². The summed E-state index contributed by atoms with van der Waals surface area (Å²) in [5.74, 6) is -0.138. The summed E-state index contributed by atoms with van der Waals surface area (Å²) in [4.78, 5) is 12.9. The maximum absolute atomic E-state index is 14.1. The van der Waals surface area contributed by atoms with Gasteiger partial charge in [0, 0.05) is 21.7 Å². The molecule has 5 nitrogen and oxygen atoms in total. The number of benzene rings is 3. The van der Waals surface area contributed by atoms with Crippen molar-refractivity contribution >= 4 is 29.9 Å². The van der Waals surface area contributed by atoms with E-state index in [9.17, 15) is 14.5 Å². The molecule has 0 spiro atoms. The Balaban J connectivity index is 1.87. The molecular weight excluding hydrogens is 455 g/mol. The maximum Gasteiger partial charge on any atom is 0.248 e. The molecule has 1 amide bonds. The van der Waals surface area contributed by atoms with E-state index in [1.54, 1.807) is 30.5 Å². The molecule has 6 heteroatoms. The number of nitrogens with zero attached hydrogens (tertiary/aromatic N) is 1. The van der Waals surface area contributed by atoms with Crippen LogP contribution in [0.2, 0.25) is 0 Å². The van der Waals surface area contributed by atoms with Gasteiger partial charge in [-0.05, 0) is 28.5 Å². The molecule has 3 aromatic carbocycles. The smallest absolute Gasteiger partial charge is 0.248 e. The Morgan fingerprint density at radius 3 is 1.69 bits per heavy atom. The molecule has 2 N–H and O–H groups in total. The minimum absolute atomic E-state index is 0.186. The number of carbonyl (C=O) groups is 1. The Bertz CT molecular complexity index is 1180. The number of amides is 1. The highest BCUT2D eigenvalue weighted by atomic mass is 31.2. The molecule has 3 rings (SSSR count). The Morgan fingerprint density at radius 1 is 0.857 bits per heavy atom. The summed E-state index contributed by atoms with van der Waals surface area (Å²) in [6.07, 6.45) is 1.38.